The molecule has 0 aliphatic carbocycles. The first-order valence-corrected chi connectivity index (χ1v) is 5.29. The molecule has 0 fully saturated rings. The van der Waals surface area contributed by atoms with Crippen molar-refractivity contribution in [3.63, 3.8) is 0 Å². The lowest BCUT2D eigenvalue weighted by Crippen LogP contribution is -2.39. The molecule has 1 aromatic heterocycles. The number of carbonyl (C=O) groups excluding carboxylic acids is 2. The van der Waals surface area contributed by atoms with E-state index in [1.807, 2.05) is 6.92 Å². The molecule has 2 amide bonds. The van der Waals surface area contributed by atoms with Gasteiger partial charge in [-0.1, -0.05) is 0 Å². The van der Waals surface area contributed by atoms with Crippen molar-refractivity contribution in [3.8, 4) is 6.07 Å². The Labute approximate surface area is 96.3 Å². The topological polar surface area (TPSA) is 94.9 Å². The highest BCUT2D eigenvalue weighted by atomic mass is 32.1. The Kier molecular flexibility index (Phi) is 4.42. The van der Waals surface area contributed by atoms with Gasteiger partial charge in [0.05, 0.1) is 12.6 Å². The second kappa shape index (κ2) is 5.82. The van der Waals surface area contributed by atoms with E-state index < -0.39 is 11.8 Å². The Hall–Kier alpha value is -1.94. The quantitative estimate of drug-likeness (QED) is 0.558. The molecule has 1 aromatic rings. The summed E-state index contributed by atoms with van der Waals surface area (Å²) in [5.74, 6) is -1.57. The zero-order valence-corrected chi connectivity index (χ0v) is 9.43. The number of nitrogens with zero attached hydrogens (tertiary/aromatic N) is 2. The van der Waals surface area contributed by atoms with Gasteiger partial charge in [0.25, 0.3) is 0 Å². The molecule has 6 nitrogen and oxygen atoms in total. The Bertz CT molecular complexity index is 435. The SMILES string of the molecule is Cc1cnc(CNC(=O)C(=O)NCC#N)s1. The first-order chi connectivity index (χ1) is 7.63. The van der Waals surface area contributed by atoms with Crippen LogP contribution in [0.2, 0.25) is 0 Å². The van der Waals surface area contributed by atoms with Crippen LogP contribution in [0.5, 0.6) is 0 Å². The molecule has 0 atom stereocenters. The number of aromatic nitrogens is 1. The fourth-order valence-corrected chi connectivity index (χ4v) is 1.65. The zero-order chi connectivity index (χ0) is 12.0. The van der Waals surface area contributed by atoms with Gasteiger partial charge < -0.3 is 10.6 Å². The van der Waals surface area contributed by atoms with Gasteiger partial charge in [0.2, 0.25) is 0 Å². The van der Waals surface area contributed by atoms with Gasteiger partial charge in [-0.25, -0.2) is 4.98 Å². The van der Waals surface area contributed by atoms with Gasteiger partial charge in [-0.3, -0.25) is 9.59 Å². The Morgan fingerprint density at radius 3 is 2.75 bits per heavy atom. The summed E-state index contributed by atoms with van der Waals surface area (Å²) >= 11 is 1.45. The smallest absolute Gasteiger partial charge is 0.310 e. The third-order valence-electron chi connectivity index (χ3n) is 1.60. The third kappa shape index (κ3) is 3.67. The van der Waals surface area contributed by atoms with E-state index in [9.17, 15) is 9.59 Å². The predicted octanol–water partition coefficient (Wildman–Crippen LogP) is -0.293. The maximum Gasteiger partial charge on any atom is 0.310 e. The molecule has 1 rings (SSSR count). The molecule has 0 saturated carbocycles. The Balaban J connectivity index is 2.35. The van der Waals surface area contributed by atoms with Crippen molar-refractivity contribution in [1.29, 1.82) is 5.26 Å². The number of amides is 2. The Morgan fingerprint density at radius 2 is 2.19 bits per heavy atom. The van der Waals surface area contributed by atoms with E-state index >= 15 is 0 Å². The van der Waals surface area contributed by atoms with Gasteiger partial charge in [-0.2, -0.15) is 5.26 Å². The number of nitriles is 1. The summed E-state index contributed by atoms with van der Waals surface area (Å²) in [6.45, 7) is 1.95. The minimum atomic E-state index is -0.810. The summed E-state index contributed by atoms with van der Waals surface area (Å²) in [6.07, 6.45) is 1.70. The van der Waals surface area contributed by atoms with Crippen LogP contribution in [0, 0.1) is 18.3 Å². The molecule has 7 heteroatoms. The van der Waals surface area contributed by atoms with Crippen molar-refractivity contribution < 1.29 is 9.59 Å². The summed E-state index contributed by atoms with van der Waals surface area (Å²) in [4.78, 5) is 27.3. The highest BCUT2D eigenvalue weighted by Crippen LogP contribution is 2.10. The summed E-state index contributed by atoms with van der Waals surface area (Å²) in [7, 11) is 0. The number of thiazole rings is 1. The number of aryl methyl sites for hydroxylation is 1. The highest BCUT2D eigenvalue weighted by Gasteiger charge is 2.12. The van der Waals surface area contributed by atoms with E-state index in [1.54, 1.807) is 12.3 Å². The second-order valence-corrected chi connectivity index (χ2v) is 4.21. The first-order valence-electron chi connectivity index (χ1n) is 4.47. The van der Waals surface area contributed by atoms with Crippen molar-refractivity contribution in [3.05, 3.63) is 16.1 Å². The van der Waals surface area contributed by atoms with Crippen molar-refractivity contribution >= 4 is 23.2 Å². The van der Waals surface area contributed by atoms with Crippen LogP contribution >= 0.6 is 11.3 Å². The summed E-state index contributed by atoms with van der Waals surface area (Å²) < 4.78 is 0. The highest BCUT2D eigenvalue weighted by molar-refractivity contribution is 7.11. The fourth-order valence-electron chi connectivity index (χ4n) is 0.919. The number of hydrogen-bond acceptors (Lipinski definition) is 5. The van der Waals surface area contributed by atoms with Gasteiger partial charge >= 0.3 is 11.8 Å². The van der Waals surface area contributed by atoms with E-state index in [1.165, 1.54) is 11.3 Å². The monoisotopic (exact) mass is 238 g/mol. The predicted molar refractivity (Wildman–Crippen MR) is 57.3 cm³/mol. The molecule has 16 heavy (non-hydrogen) atoms. The van der Waals surface area contributed by atoms with Crippen molar-refractivity contribution in [2.24, 2.45) is 0 Å². The van der Waals surface area contributed by atoms with Crippen molar-refractivity contribution in [1.82, 2.24) is 15.6 Å². The van der Waals surface area contributed by atoms with Gasteiger partial charge in [-0.05, 0) is 6.92 Å². The van der Waals surface area contributed by atoms with Crippen LogP contribution in [0.3, 0.4) is 0 Å². The molecule has 0 bridgehead atoms. The van der Waals surface area contributed by atoms with Gasteiger partial charge in [-0.15, -0.1) is 11.3 Å². The number of hydrogen-bond donors (Lipinski definition) is 2. The molecular weight excluding hydrogens is 228 g/mol. The minimum Gasteiger partial charge on any atom is -0.341 e. The second-order valence-electron chi connectivity index (χ2n) is 2.89. The lowest BCUT2D eigenvalue weighted by molar-refractivity contribution is -0.139. The summed E-state index contributed by atoms with van der Waals surface area (Å²) in [5.41, 5.74) is 0. The van der Waals surface area contributed by atoms with E-state index in [0.717, 1.165) is 9.88 Å². The van der Waals surface area contributed by atoms with Crippen LogP contribution in [-0.2, 0) is 16.1 Å². The number of rotatable bonds is 3. The molecule has 1 heterocycles. The molecule has 0 aliphatic rings. The number of carbonyl (C=O) groups is 2. The normalized spacial score (nSPS) is 9.25. The molecule has 0 aliphatic heterocycles. The van der Waals surface area contributed by atoms with Crippen LogP contribution in [0.1, 0.15) is 9.88 Å². The standard InChI is InChI=1S/C9H10N4O2S/c1-6-4-12-7(16-6)5-13-9(15)8(14)11-3-2-10/h4H,3,5H2,1H3,(H,11,14)(H,13,15). The van der Waals surface area contributed by atoms with Crippen LogP contribution in [-0.4, -0.2) is 23.3 Å². The fraction of sp³-hybridized carbons (Fsp3) is 0.333. The lowest BCUT2D eigenvalue weighted by atomic mass is 10.5. The van der Waals surface area contributed by atoms with Crippen LogP contribution < -0.4 is 10.6 Å². The molecule has 0 unspecified atom stereocenters. The maximum atomic E-state index is 11.2. The molecule has 84 valence electrons. The van der Waals surface area contributed by atoms with E-state index in [0.29, 0.717) is 0 Å². The van der Waals surface area contributed by atoms with E-state index in [2.05, 4.69) is 15.6 Å². The first kappa shape index (κ1) is 12.1. The maximum absolute atomic E-state index is 11.2. The largest absolute Gasteiger partial charge is 0.341 e. The summed E-state index contributed by atoms with van der Waals surface area (Å²) in [5, 5.41) is 13.5. The van der Waals surface area contributed by atoms with E-state index in [4.69, 9.17) is 5.26 Å². The average molecular weight is 238 g/mol. The molecule has 0 radical (unpaired) electrons. The van der Waals surface area contributed by atoms with Gasteiger partial charge in [0, 0.05) is 11.1 Å². The van der Waals surface area contributed by atoms with Gasteiger partial charge in [0.1, 0.15) is 11.6 Å². The van der Waals surface area contributed by atoms with E-state index in [-0.39, 0.29) is 13.1 Å². The van der Waals surface area contributed by atoms with Gasteiger partial charge in [0.15, 0.2) is 0 Å². The zero-order valence-electron chi connectivity index (χ0n) is 8.61. The van der Waals surface area contributed by atoms with Crippen LogP contribution in [0.4, 0.5) is 0 Å². The van der Waals surface area contributed by atoms with Crippen LogP contribution in [0.15, 0.2) is 6.20 Å². The van der Waals surface area contributed by atoms with Crippen molar-refractivity contribution in [2.75, 3.05) is 6.54 Å². The third-order valence-corrected chi connectivity index (χ3v) is 2.52. The molecule has 0 spiro atoms. The average Bonchev–Trinajstić information content (AvgIpc) is 2.68. The number of nitrogens with one attached hydrogen (secondary N) is 2. The molecule has 2 N–H and O–H groups in total. The molecule has 0 saturated heterocycles. The van der Waals surface area contributed by atoms with Crippen molar-refractivity contribution in [2.45, 2.75) is 13.5 Å². The lowest BCUT2D eigenvalue weighted by Gasteiger charge is -2.01. The van der Waals surface area contributed by atoms with Crippen LogP contribution in [0.25, 0.3) is 0 Å². The summed E-state index contributed by atoms with van der Waals surface area (Å²) in [6, 6.07) is 1.71. The molecule has 0 aromatic carbocycles. The Morgan fingerprint density at radius 1 is 1.50 bits per heavy atom. The minimum absolute atomic E-state index is 0.178. The molecular formula is C9H10N4O2S.